The molecule has 0 aliphatic carbocycles. The molecule has 1 aromatic carbocycles. The van der Waals surface area contributed by atoms with Gasteiger partial charge in [-0.25, -0.2) is 9.37 Å². The third-order valence-electron chi connectivity index (χ3n) is 3.52. The number of aromatic amines is 2. The fraction of sp³-hybridized carbons (Fsp3) is 0. The Morgan fingerprint density at radius 1 is 1.09 bits per heavy atom. The standard InChI is InChI=1S/C16H10ClFN4/c17-12-7-9(3-4-13(12)18)10-6-11-15(14-2-1-5-19-14)21-22-16(11)20-8-10/h1-8,19H,(H,20,21,22). The molecule has 22 heavy (non-hydrogen) atoms. The molecular weight excluding hydrogens is 303 g/mol. The molecule has 6 heteroatoms. The van der Waals surface area contributed by atoms with Crippen molar-refractivity contribution in [3.05, 3.63) is 59.6 Å². The largest absolute Gasteiger partial charge is 0.360 e. The number of benzene rings is 1. The number of nitrogens with zero attached hydrogens (tertiary/aromatic N) is 2. The fourth-order valence-corrected chi connectivity index (χ4v) is 2.60. The molecule has 3 aromatic heterocycles. The van der Waals surface area contributed by atoms with Crippen molar-refractivity contribution in [1.82, 2.24) is 20.2 Å². The number of nitrogens with one attached hydrogen (secondary N) is 2. The lowest BCUT2D eigenvalue weighted by molar-refractivity contribution is 0.628. The number of rotatable bonds is 2. The molecule has 0 amide bonds. The zero-order chi connectivity index (χ0) is 15.1. The van der Waals surface area contributed by atoms with Crippen molar-refractivity contribution in [2.45, 2.75) is 0 Å². The van der Waals surface area contributed by atoms with Crippen molar-refractivity contribution in [1.29, 1.82) is 0 Å². The van der Waals surface area contributed by atoms with E-state index in [1.807, 2.05) is 24.4 Å². The van der Waals surface area contributed by atoms with Crippen LogP contribution >= 0.6 is 11.6 Å². The van der Waals surface area contributed by atoms with Gasteiger partial charge in [0.25, 0.3) is 0 Å². The van der Waals surface area contributed by atoms with Crippen LogP contribution in [0, 0.1) is 5.82 Å². The smallest absolute Gasteiger partial charge is 0.155 e. The molecule has 0 saturated carbocycles. The van der Waals surface area contributed by atoms with Gasteiger partial charge in [0.1, 0.15) is 11.5 Å². The van der Waals surface area contributed by atoms with Gasteiger partial charge in [0.15, 0.2) is 5.65 Å². The van der Waals surface area contributed by atoms with Gasteiger partial charge in [0.05, 0.1) is 10.7 Å². The summed E-state index contributed by atoms with van der Waals surface area (Å²) in [5, 5.41) is 8.19. The average molecular weight is 313 g/mol. The lowest BCUT2D eigenvalue weighted by atomic mass is 10.1. The summed E-state index contributed by atoms with van der Waals surface area (Å²) in [5.41, 5.74) is 4.05. The molecule has 0 aliphatic heterocycles. The van der Waals surface area contributed by atoms with Crippen LogP contribution in [0.5, 0.6) is 0 Å². The Hall–Kier alpha value is -2.66. The van der Waals surface area contributed by atoms with Crippen LogP contribution in [0.2, 0.25) is 5.02 Å². The second kappa shape index (κ2) is 4.96. The van der Waals surface area contributed by atoms with Crippen molar-refractivity contribution in [2.24, 2.45) is 0 Å². The van der Waals surface area contributed by atoms with E-state index in [2.05, 4.69) is 20.2 Å². The van der Waals surface area contributed by atoms with E-state index in [1.165, 1.54) is 6.07 Å². The average Bonchev–Trinajstić information content (AvgIpc) is 3.17. The van der Waals surface area contributed by atoms with E-state index in [0.717, 1.165) is 27.9 Å². The lowest BCUT2D eigenvalue weighted by Crippen LogP contribution is -1.84. The van der Waals surface area contributed by atoms with Gasteiger partial charge in [-0.15, -0.1) is 0 Å². The molecule has 0 atom stereocenters. The number of fused-ring (bicyclic) bond motifs is 1. The molecule has 0 spiro atoms. The molecule has 4 nitrogen and oxygen atoms in total. The van der Waals surface area contributed by atoms with Crippen molar-refractivity contribution in [2.75, 3.05) is 0 Å². The Kier molecular flexibility index (Phi) is 2.94. The molecule has 2 N–H and O–H groups in total. The summed E-state index contributed by atoms with van der Waals surface area (Å²) in [6.45, 7) is 0. The SMILES string of the molecule is Fc1ccc(-c2cnc3[nH]nc(-c4ccc[nH]4)c3c2)cc1Cl. The van der Waals surface area contributed by atoms with Crippen molar-refractivity contribution < 1.29 is 4.39 Å². The van der Waals surface area contributed by atoms with E-state index in [0.29, 0.717) is 5.65 Å². The summed E-state index contributed by atoms with van der Waals surface area (Å²) in [5.74, 6) is -0.435. The first-order chi connectivity index (χ1) is 10.7. The topological polar surface area (TPSA) is 57.4 Å². The number of hydrogen-bond acceptors (Lipinski definition) is 2. The first kappa shape index (κ1) is 13.0. The summed E-state index contributed by atoms with van der Waals surface area (Å²) in [6.07, 6.45) is 3.55. The van der Waals surface area contributed by atoms with Gasteiger partial charge < -0.3 is 4.98 Å². The van der Waals surface area contributed by atoms with Gasteiger partial charge in [-0.05, 0) is 35.9 Å². The van der Waals surface area contributed by atoms with Crippen LogP contribution in [0.1, 0.15) is 0 Å². The number of H-pyrrole nitrogens is 2. The van der Waals surface area contributed by atoms with E-state index in [9.17, 15) is 4.39 Å². The highest BCUT2D eigenvalue weighted by atomic mass is 35.5. The zero-order valence-electron chi connectivity index (χ0n) is 11.3. The normalized spacial score (nSPS) is 11.2. The molecule has 0 fully saturated rings. The van der Waals surface area contributed by atoms with Crippen molar-refractivity contribution in [3.63, 3.8) is 0 Å². The quantitative estimate of drug-likeness (QED) is 0.576. The van der Waals surface area contributed by atoms with Gasteiger partial charge in [-0.2, -0.15) is 5.10 Å². The van der Waals surface area contributed by atoms with E-state index in [1.54, 1.807) is 18.3 Å². The Balaban J connectivity index is 1.89. The van der Waals surface area contributed by atoms with Crippen LogP contribution in [0.25, 0.3) is 33.5 Å². The van der Waals surface area contributed by atoms with Crippen molar-refractivity contribution >= 4 is 22.6 Å². The number of hydrogen-bond donors (Lipinski definition) is 2. The summed E-state index contributed by atoms with van der Waals surface area (Å²) in [7, 11) is 0. The highest BCUT2D eigenvalue weighted by molar-refractivity contribution is 6.31. The molecule has 3 heterocycles. The van der Waals surface area contributed by atoms with Gasteiger partial charge in [0.2, 0.25) is 0 Å². The van der Waals surface area contributed by atoms with Crippen LogP contribution in [0.4, 0.5) is 4.39 Å². The van der Waals surface area contributed by atoms with Crippen LogP contribution < -0.4 is 0 Å². The first-order valence-electron chi connectivity index (χ1n) is 6.66. The molecule has 0 radical (unpaired) electrons. The van der Waals surface area contributed by atoms with E-state index in [4.69, 9.17) is 11.6 Å². The van der Waals surface area contributed by atoms with Gasteiger partial charge in [0, 0.05) is 23.3 Å². The van der Waals surface area contributed by atoms with E-state index >= 15 is 0 Å². The minimum absolute atomic E-state index is 0.0920. The molecule has 4 aromatic rings. The Morgan fingerprint density at radius 3 is 2.77 bits per heavy atom. The summed E-state index contributed by atoms with van der Waals surface area (Å²) in [4.78, 5) is 7.50. The monoisotopic (exact) mass is 312 g/mol. The van der Waals surface area contributed by atoms with Crippen LogP contribution in [-0.4, -0.2) is 20.2 Å². The van der Waals surface area contributed by atoms with Crippen LogP contribution in [0.15, 0.2) is 48.8 Å². The molecule has 0 unspecified atom stereocenters. The molecule has 0 saturated heterocycles. The molecule has 0 aliphatic rings. The lowest BCUT2D eigenvalue weighted by Gasteiger charge is -2.03. The van der Waals surface area contributed by atoms with E-state index < -0.39 is 5.82 Å². The third-order valence-corrected chi connectivity index (χ3v) is 3.81. The summed E-state index contributed by atoms with van der Waals surface area (Å²) < 4.78 is 13.3. The third kappa shape index (κ3) is 2.07. The number of aromatic nitrogens is 4. The van der Waals surface area contributed by atoms with E-state index in [-0.39, 0.29) is 5.02 Å². The van der Waals surface area contributed by atoms with Gasteiger partial charge in [-0.3, -0.25) is 5.10 Å². The van der Waals surface area contributed by atoms with Crippen LogP contribution in [0.3, 0.4) is 0 Å². The number of halogens is 2. The highest BCUT2D eigenvalue weighted by Crippen LogP contribution is 2.30. The summed E-state index contributed by atoms with van der Waals surface area (Å²) in [6, 6.07) is 10.4. The van der Waals surface area contributed by atoms with Crippen LogP contribution in [-0.2, 0) is 0 Å². The predicted octanol–water partition coefficient (Wildman–Crippen LogP) is 4.41. The zero-order valence-corrected chi connectivity index (χ0v) is 12.0. The highest BCUT2D eigenvalue weighted by Gasteiger charge is 2.11. The second-order valence-corrected chi connectivity index (χ2v) is 5.31. The fourth-order valence-electron chi connectivity index (χ4n) is 2.42. The maximum absolute atomic E-state index is 13.3. The molecule has 108 valence electrons. The Labute approximate surface area is 130 Å². The van der Waals surface area contributed by atoms with Crippen molar-refractivity contribution in [3.8, 4) is 22.5 Å². The summed E-state index contributed by atoms with van der Waals surface area (Å²) >= 11 is 5.85. The Bertz CT molecular complexity index is 960. The molecular formula is C16H10ClFN4. The number of pyridine rings is 1. The minimum atomic E-state index is -0.435. The molecule has 0 bridgehead atoms. The second-order valence-electron chi connectivity index (χ2n) is 4.91. The predicted molar refractivity (Wildman–Crippen MR) is 84.1 cm³/mol. The maximum Gasteiger partial charge on any atom is 0.155 e. The first-order valence-corrected chi connectivity index (χ1v) is 7.03. The maximum atomic E-state index is 13.3. The van der Waals surface area contributed by atoms with Gasteiger partial charge >= 0.3 is 0 Å². The minimum Gasteiger partial charge on any atom is -0.360 e. The molecule has 4 rings (SSSR count). The Morgan fingerprint density at radius 2 is 2.00 bits per heavy atom. The van der Waals surface area contributed by atoms with Gasteiger partial charge in [-0.1, -0.05) is 17.7 Å².